The first kappa shape index (κ1) is 25.6. The molecule has 0 spiro atoms. The van der Waals surface area contributed by atoms with Crippen LogP contribution in [0.3, 0.4) is 0 Å². The van der Waals surface area contributed by atoms with E-state index in [4.69, 9.17) is 14.2 Å². The van der Waals surface area contributed by atoms with E-state index in [2.05, 4.69) is 5.32 Å². The molecule has 8 heteroatoms. The normalized spacial score (nSPS) is 12.9. The number of hydrogen-bond donors (Lipinski definition) is 1. The molecule has 1 amide bonds. The van der Waals surface area contributed by atoms with Gasteiger partial charge in [-0.3, -0.25) is 14.4 Å². The van der Waals surface area contributed by atoms with Crippen molar-refractivity contribution in [3.8, 4) is 0 Å². The third-order valence-electron chi connectivity index (χ3n) is 5.86. The Kier molecular flexibility index (Phi) is 8.73. The molecule has 0 aliphatic carbocycles. The van der Waals surface area contributed by atoms with Gasteiger partial charge in [-0.25, -0.2) is 4.79 Å². The van der Waals surface area contributed by atoms with Crippen LogP contribution < -0.4 is 5.32 Å². The Hall–Kier alpha value is -3.68. The van der Waals surface area contributed by atoms with Gasteiger partial charge in [-0.1, -0.05) is 67.6 Å². The van der Waals surface area contributed by atoms with Gasteiger partial charge in [0.1, 0.15) is 6.04 Å². The molecule has 176 valence electrons. The maximum absolute atomic E-state index is 13.8. The molecular formula is C25H29NO7. The van der Waals surface area contributed by atoms with E-state index in [0.29, 0.717) is 11.1 Å². The molecule has 0 aliphatic heterocycles. The number of methoxy groups -OCH3 is 3. The van der Waals surface area contributed by atoms with Crippen molar-refractivity contribution in [1.82, 2.24) is 5.32 Å². The number of carbonyl (C=O) groups excluding carboxylic acids is 4. The Morgan fingerprint density at radius 3 is 1.48 bits per heavy atom. The summed E-state index contributed by atoms with van der Waals surface area (Å²) in [6.45, 7) is 3.22. The molecule has 2 aromatic rings. The summed E-state index contributed by atoms with van der Waals surface area (Å²) in [5.41, 5.74) is 0.213. The Balaban J connectivity index is 2.52. The number of carbonyl (C=O) groups is 4. The van der Waals surface area contributed by atoms with Crippen molar-refractivity contribution in [2.75, 3.05) is 21.3 Å². The van der Waals surface area contributed by atoms with Gasteiger partial charge in [0, 0.05) is 5.92 Å². The smallest absolute Gasteiger partial charge is 0.328 e. The van der Waals surface area contributed by atoms with Crippen LogP contribution in [0.25, 0.3) is 0 Å². The van der Waals surface area contributed by atoms with Crippen molar-refractivity contribution in [1.29, 1.82) is 0 Å². The van der Waals surface area contributed by atoms with Crippen LogP contribution in [-0.4, -0.2) is 51.2 Å². The van der Waals surface area contributed by atoms with Gasteiger partial charge in [0.2, 0.25) is 5.91 Å². The molecular weight excluding hydrogens is 426 g/mol. The highest BCUT2D eigenvalue weighted by atomic mass is 16.5. The van der Waals surface area contributed by atoms with Gasteiger partial charge in [0.25, 0.3) is 0 Å². The fraction of sp³-hybridized carbons (Fsp3) is 0.360. The maximum Gasteiger partial charge on any atom is 0.328 e. The van der Waals surface area contributed by atoms with E-state index in [0.717, 1.165) is 21.3 Å². The van der Waals surface area contributed by atoms with Crippen molar-refractivity contribution in [2.24, 2.45) is 11.8 Å². The second-order valence-corrected chi connectivity index (χ2v) is 7.71. The van der Waals surface area contributed by atoms with E-state index in [1.165, 1.54) is 6.92 Å². The van der Waals surface area contributed by atoms with Crippen LogP contribution in [0, 0.1) is 11.8 Å². The summed E-state index contributed by atoms with van der Waals surface area (Å²) in [6.07, 6.45) is 0. The third kappa shape index (κ3) is 5.39. The summed E-state index contributed by atoms with van der Waals surface area (Å²) in [5, 5.41) is 2.71. The van der Waals surface area contributed by atoms with Gasteiger partial charge >= 0.3 is 17.9 Å². The molecule has 2 aromatic carbocycles. The lowest BCUT2D eigenvalue weighted by Gasteiger charge is -2.33. The standard InChI is InChI=1S/C25H29NO7/c1-16(19(21(27)31-3)22(28)32-4)20(23(29)33-5)26-24(30)25(2,17-12-8-6-9-13-17)18-14-10-7-11-15-18/h6-16,19-20H,1-5H3,(H,26,30)/t16-,20+/m0/s1. The predicted octanol–water partition coefficient (Wildman–Crippen LogP) is 2.25. The first-order valence-corrected chi connectivity index (χ1v) is 10.4. The molecule has 0 bridgehead atoms. The number of rotatable bonds is 9. The molecule has 8 nitrogen and oxygen atoms in total. The Morgan fingerprint density at radius 2 is 1.12 bits per heavy atom. The molecule has 0 fully saturated rings. The SMILES string of the molecule is COC(=O)C(C(=O)OC)[C@H](C)[C@@H](NC(=O)C(C)(c1ccccc1)c1ccccc1)C(=O)OC. The number of amides is 1. The van der Waals surface area contributed by atoms with Crippen molar-refractivity contribution < 1.29 is 33.4 Å². The zero-order chi connectivity index (χ0) is 24.6. The largest absolute Gasteiger partial charge is 0.468 e. The minimum absolute atomic E-state index is 0.504. The van der Waals surface area contributed by atoms with E-state index in [1.54, 1.807) is 6.92 Å². The highest BCUT2D eigenvalue weighted by Crippen LogP contribution is 2.33. The topological polar surface area (TPSA) is 108 Å². The lowest BCUT2D eigenvalue weighted by atomic mass is 9.75. The summed E-state index contributed by atoms with van der Waals surface area (Å²) in [5.74, 6) is -5.54. The van der Waals surface area contributed by atoms with Crippen molar-refractivity contribution >= 4 is 23.8 Å². The Labute approximate surface area is 193 Å². The highest BCUT2D eigenvalue weighted by molar-refractivity contribution is 5.98. The van der Waals surface area contributed by atoms with E-state index in [-0.39, 0.29) is 0 Å². The van der Waals surface area contributed by atoms with Crippen LogP contribution in [0.4, 0.5) is 0 Å². The molecule has 33 heavy (non-hydrogen) atoms. The van der Waals surface area contributed by atoms with Gasteiger partial charge in [0.05, 0.1) is 26.7 Å². The van der Waals surface area contributed by atoms with Crippen LogP contribution in [0.1, 0.15) is 25.0 Å². The zero-order valence-corrected chi connectivity index (χ0v) is 19.4. The minimum Gasteiger partial charge on any atom is -0.468 e. The highest BCUT2D eigenvalue weighted by Gasteiger charge is 2.45. The predicted molar refractivity (Wildman–Crippen MR) is 120 cm³/mol. The van der Waals surface area contributed by atoms with Crippen molar-refractivity contribution in [2.45, 2.75) is 25.3 Å². The molecule has 0 saturated carbocycles. The molecule has 0 aromatic heterocycles. The van der Waals surface area contributed by atoms with Gasteiger partial charge in [-0.2, -0.15) is 0 Å². The van der Waals surface area contributed by atoms with Crippen LogP contribution in [0.15, 0.2) is 60.7 Å². The zero-order valence-electron chi connectivity index (χ0n) is 19.4. The van der Waals surface area contributed by atoms with Crippen LogP contribution >= 0.6 is 0 Å². The van der Waals surface area contributed by atoms with Crippen LogP contribution in [0.5, 0.6) is 0 Å². The molecule has 0 saturated heterocycles. The average Bonchev–Trinajstić information content (AvgIpc) is 2.86. The van der Waals surface area contributed by atoms with Gasteiger partial charge in [-0.05, 0) is 18.1 Å². The number of hydrogen-bond acceptors (Lipinski definition) is 7. The average molecular weight is 456 g/mol. The van der Waals surface area contributed by atoms with Crippen LogP contribution in [0.2, 0.25) is 0 Å². The van der Waals surface area contributed by atoms with E-state index < -0.39 is 47.1 Å². The maximum atomic E-state index is 13.8. The molecule has 0 heterocycles. The lowest BCUT2D eigenvalue weighted by molar-refractivity contribution is -0.163. The Bertz CT molecular complexity index is 919. The fourth-order valence-electron chi connectivity index (χ4n) is 3.76. The molecule has 1 N–H and O–H groups in total. The Morgan fingerprint density at radius 1 is 0.727 bits per heavy atom. The van der Waals surface area contributed by atoms with E-state index >= 15 is 0 Å². The number of benzene rings is 2. The van der Waals surface area contributed by atoms with Crippen molar-refractivity contribution in [3.05, 3.63) is 71.8 Å². The van der Waals surface area contributed by atoms with E-state index in [1.807, 2.05) is 60.7 Å². The summed E-state index contributed by atoms with van der Waals surface area (Å²) < 4.78 is 14.3. The van der Waals surface area contributed by atoms with Gasteiger partial charge < -0.3 is 19.5 Å². The second-order valence-electron chi connectivity index (χ2n) is 7.71. The van der Waals surface area contributed by atoms with Crippen LogP contribution in [-0.2, 0) is 38.8 Å². The monoisotopic (exact) mass is 455 g/mol. The van der Waals surface area contributed by atoms with Gasteiger partial charge in [0.15, 0.2) is 5.92 Å². The molecule has 0 radical (unpaired) electrons. The second kappa shape index (κ2) is 11.3. The summed E-state index contributed by atoms with van der Waals surface area (Å²) in [7, 11) is 3.41. The number of esters is 3. The first-order valence-electron chi connectivity index (χ1n) is 10.4. The number of ether oxygens (including phenoxy) is 3. The third-order valence-corrected chi connectivity index (χ3v) is 5.86. The lowest BCUT2D eigenvalue weighted by Crippen LogP contribution is -2.55. The quantitative estimate of drug-likeness (QED) is 0.351. The minimum atomic E-state index is -1.44. The van der Waals surface area contributed by atoms with Crippen molar-refractivity contribution in [3.63, 3.8) is 0 Å². The summed E-state index contributed by atoms with van der Waals surface area (Å²) >= 11 is 0. The molecule has 2 rings (SSSR count). The summed E-state index contributed by atoms with van der Waals surface area (Å²) in [4.78, 5) is 51.0. The first-order chi connectivity index (χ1) is 15.7. The molecule has 2 atom stereocenters. The molecule has 0 aliphatic rings. The molecule has 0 unspecified atom stereocenters. The van der Waals surface area contributed by atoms with Gasteiger partial charge in [-0.15, -0.1) is 0 Å². The fourth-order valence-corrected chi connectivity index (χ4v) is 3.76. The number of nitrogens with one attached hydrogen (secondary N) is 1. The summed E-state index contributed by atoms with van der Waals surface area (Å²) in [6, 6.07) is 16.9. The van der Waals surface area contributed by atoms with E-state index in [9.17, 15) is 19.2 Å².